The molecule has 0 spiro atoms. The van der Waals surface area contributed by atoms with Crippen molar-refractivity contribution in [2.45, 2.75) is 91.1 Å². The highest BCUT2D eigenvalue weighted by molar-refractivity contribution is 6.82. The number of halogens is 2. The van der Waals surface area contributed by atoms with Gasteiger partial charge in [-0.3, -0.25) is 0 Å². The van der Waals surface area contributed by atoms with Gasteiger partial charge in [0.25, 0.3) is 0 Å². The quantitative estimate of drug-likeness (QED) is 0.459. The van der Waals surface area contributed by atoms with Crippen LogP contribution in [0.25, 0.3) is 10.9 Å². The fourth-order valence-corrected chi connectivity index (χ4v) is 12.0. The van der Waals surface area contributed by atoms with Crippen LogP contribution >= 0.6 is 11.6 Å². The number of rotatable bonds is 6. The molecule has 2 rings (SSSR count). The number of carbonyl (C=O) groups is 1. The van der Waals surface area contributed by atoms with Crippen LogP contribution in [0.15, 0.2) is 18.3 Å². The molecule has 30 heavy (non-hydrogen) atoms. The molecule has 1 aromatic carbocycles. The van der Waals surface area contributed by atoms with Gasteiger partial charge in [-0.05, 0) is 49.5 Å². The van der Waals surface area contributed by atoms with Gasteiger partial charge in [-0.1, -0.05) is 53.1 Å². The Morgan fingerprint density at radius 2 is 1.67 bits per heavy atom. The number of nitrogens with one attached hydrogen (secondary N) is 1. The van der Waals surface area contributed by atoms with Gasteiger partial charge in [0.2, 0.25) is 0 Å². The molecule has 168 valence electrons. The standard InChI is InChI=1S/C23H36ClFN2O2Si/c1-14(2)30(15(3)4,16(5)6)27-13-19(24)18-10-17(20(25)11-21(18)27)12-26-22(28)29-23(7,8)9/h10-11,13-16H,12H2,1-9H3,(H,26,28). The van der Waals surface area contributed by atoms with E-state index in [1.165, 1.54) is 0 Å². The first-order valence-corrected chi connectivity index (χ1v) is 13.2. The average Bonchev–Trinajstić information content (AvgIpc) is 2.87. The number of ether oxygens (including phenoxy) is 1. The second kappa shape index (κ2) is 8.91. The third kappa shape index (κ3) is 4.69. The summed E-state index contributed by atoms with van der Waals surface area (Å²) in [5.41, 5.74) is 1.99. The van der Waals surface area contributed by atoms with Gasteiger partial charge in [-0.15, -0.1) is 0 Å². The van der Waals surface area contributed by atoms with Gasteiger partial charge in [0.1, 0.15) is 11.4 Å². The predicted molar refractivity (Wildman–Crippen MR) is 126 cm³/mol. The molecule has 0 aliphatic heterocycles. The Morgan fingerprint density at radius 3 is 2.13 bits per heavy atom. The number of alkyl carbamates (subject to hydrolysis) is 1. The summed E-state index contributed by atoms with van der Waals surface area (Å²) in [5.74, 6) is -0.353. The first-order chi connectivity index (χ1) is 13.7. The van der Waals surface area contributed by atoms with Crippen molar-refractivity contribution in [1.29, 1.82) is 0 Å². The third-order valence-corrected chi connectivity index (χ3v) is 13.0. The molecule has 0 saturated heterocycles. The minimum absolute atomic E-state index is 0.0410. The van der Waals surface area contributed by atoms with E-state index in [1.54, 1.807) is 32.9 Å². The number of carbonyl (C=O) groups excluding carboxylic acids is 1. The molecule has 2 aromatic rings. The Kier molecular flexibility index (Phi) is 7.35. The van der Waals surface area contributed by atoms with E-state index in [4.69, 9.17) is 16.3 Å². The minimum atomic E-state index is -2.07. The van der Waals surface area contributed by atoms with E-state index in [0.29, 0.717) is 27.2 Å². The monoisotopic (exact) mass is 454 g/mol. The first-order valence-electron chi connectivity index (χ1n) is 10.7. The largest absolute Gasteiger partial charge is 0.444 e. The number of nitrogens with zero attached hydrogens (tertiary/aromatic N) is 1. The molecular weight excluding hydrogens is 419 g/mol. The van der Waals surface area contributed by atoms with Crippen LogP contribution in [0.4, 0.5) is 9.18 Å². The van der Waals surface area contributed by atoms with Gasteiger partial charge in [0, 0.05) is 29.2 Å². The van der Waals surface area contributed by atoms with Gasteiger partial charge in [0.05, 0.1) is 5.02 Å². The molecule has 1 amide bonds. The first kappa shape index (κ1) is 24.7. The highest BCUT2D eigenvalue weighted by Crippen LogP contribution is 2.45. The van der Waals surface area contributed by atoms with Crippen LogP contribution < -0.4 is 5.32 Å². The zero-order valence-electron chi connectivity index (χ0n) is 19.7. The third-order valence-electron chi connectivity index (χ3n) is 5.94. The molecular formula is C23H36ClFN2O2Si. The Balaban J connectivity index is 2.51. The summed E-state index contributed by atoms with van der Waals surface area (Å²) in [4.78, 5) is 12.0. The zero-order chi connectivity index (χ0) is 23.0. The molecule has 0 fully saturated rings. The Morgan fingerprint density at radius 1 is 1.13 bits per heavy atom. The van der Waals surface area contributed by atoms with E-state index in [2.05, 4.69) is 51.1 Å². The molecule has 0 bridgehead atoms. The van der Waals surface area contributed by atoms with Crippen LogP contribution in [0.2, 0.25) is 21.6 Å². The minimum Gasteiger partial charge on any atom is -0.444 e. The molecule has 4 nitrogen and oxygen atoms in total. The SMILES string of the molecule is CC(C)[Si](C(C)C)(C(C)C)n1cc(Cl)c2cc(CNC(=O)OC(C)(C)C)c(F)cc21. The molecule has 0 saturated carbocycles. The summed E-state index contributed by atoms with van der Waals surface area (Å²) in [6, 6.07) is 3.32. The second-order valence-corrected chi connectivity index (χ2v) is 16.1. The van der Waals surface area contributed by atoms with Crippen molar-refractivity contribution in [3.63, 3.8) is 0 Å². The van der Waals surface area contributed by atoms with Crippen molar-refractivity contribution in [3.8, 4) is 0 Å². The normalized spacial score (nSPS) is 13.0. The summed E-state index contributed by atoms with van der Waals surface area (Å²) in [6.45, 7) is 19.0. The van der Waals surface area contributed by atoms with Gasteiger partial charge >= 0.3 is 6.09 Å². The maximum atomic E-state index is 15.1. The van der Waals surface area contributed by atoms with E-state index in [0.717, 1.165) is 10.9 Å². The van der Waals surface area contributed by atoms with Crippen LogP contribution in [0.3, 0.4) is 0 Å². The highest BCUT2D eigenvalue weighted by atomic mass is 35.5. The maximum absolute atomic E-state index is 15.1. The molecule has 0 aliphatic rings. The van der Waals surface area contributed by atoms with Gasteiger partial charge in [0.15, 0.2) is 8.24 Å². The topological polar surface area (TPSA) is 43.3 Å². The lowest BCUT2D eigenvalue weighted by molar-refractivity contribution is 0.0523. The van der Waals surface area contributed by atoms with Crippen LogP contribution in [-0.4, -0.2) is 24.2 Å². The molecule has 0 aliphatic carbocycles. The zero-order valence-corrected chi connectivity index (χ0v) is 21.4. The lowest BCUT2D eigenvalue weighted by Crippen LogP contribution is -2.51. The lowest BCUT2D eigenvalue weighted by Gasteiger charge is -2.44. The van der Waals surface area contributed by atoms with Gasteiger partial charge in [-0.2, -0.15) is 0 Å². The number of hydrogen-bond donors (Lipinski definition) is 1. The van der Waals surface area contributed by atoms with Crippen molar-refractivity contribution in [2.75, 3.05) is 0 Å². The molecule has 0 radical (unpaired) electrons. The van der Waals surface area contributed by atoms with E-state index in [9.17, 15) is 4.79 Å². The average molecular weight is 455 g/mol. The van der Waals surface area contributed by atoms with E-state index < -0.39 is 19.9 Å². The summed E-state index contributed by atoms with van der Waals surface area (Å²) in [5, 5.41) is 4.06. The van der Waals surface area contributed by atoms with Crippen molar-refractivity contribution in [2.24, 2.45) is 0 Å². The number of hydrogen-bond acceptors (Lipinski definition) is 2. The molecule has 0 unspecified atom stereocenters. The van der Waals surface area contributed by atoms with Crippen LogP contribution in [0.1, 0.15) is 67.9 Å². The Labute approximate surface area is 186 Å². The molecule has 0 atom stereocenters. The Bertz CT molecular complexity index is 894. The second-order valence-electron chi connectivity index (χ2n) is 10.0. The fourth-order valence-electron chi connectivity index (χ4n) is 5.02. The molecule has 7 heteroatoms. The van der Waals surface area contributed by atoms with Gasteiger partial charge in [-0.25, -0.2) is 9.18 Å². The van der Waals surface area contributed by atoms with Crippen molar-refractivity contribution in [1.82, 2.24) is 9.55 Å². The van der Waals surface area contributed by atoms with E-state index in [1.807, 2.05) is 6.20 Å². The van der Waals surface area contributed by atoms with Crippen molar-refractivity contribution < 1.29 is 13.9 Å². The summed E-state index contributed by atoms with van der Waals surface area (Å²) < 4.78 is 22.6. The number of benzene rings is 1. The van der Waals surface area contributed by atoms with Crippen LogP contribution in [0, 0.1) is 5.82 Å². The fraction of sp³-hybridized carbons (Fsp3) is 0.609. The van der Waals surface area contributed by atoms with Gasteiger partial charge < -0.3 is 14.3 Å². The van der Waals surface area contributed by atoms with Crippen molar-refractivity contribution >= 4 is 36.8 Å². The van der Waals surface area contributed by atoms with Crippen LogP contribution in [-0.2, 0) is 11.3 Å². The molecule has 1 N–H and O–H groups in total. The van der Waals surface area contributed by atoms with Crippen molar-refractivity contribution in [3.05, 3.63) is 34.7 Å². The lowest BCUT2D eigenvalue weighted by atomic mass is 10.1. The molecule has 1 heterocycles. The number of amides is 1. The summed E-state index contributed by atoms with van der Waals surface area (Å²) >= 11 is 6.64. The number of aromatic nitrogens is 1. The summed E-state index contributed by atoms with van der Waals surface area (Å²) in [7, 11) is -2.07. The highest BCUT2D eigenvalue weighted by Gasteiger charge is 2.46. The Hall–Kier alpha value is -1.53. The number of fused-ring (bicyclic) bond motifs is 1. The predicted octanol–water partition coefficient (Wildman–Crippen LogP) is 7.48. The maximum Gasteiger partial charge on any atom is 0.407 e. The summed E-state index contributed by atoms with van der Waals surface area (Å²) in [6.07, 6.45) is 1.42. The van der Waals surface area contributed by atoms with E-state index >= 15 is 4.39 Å². The van der Waals surface area contributed by atoms with E-state index in [-0.39, 0.29) is 12.4 Å². The smallest absolute Gasteiger partial charge is 0.407 e. The molecule has 1 aromatic heterocycles. The van der Waals surface area contributed by atoms with Crippen LogP contribution in [0.5, 0.6) is 0 Å².